The van der Waals surface area contributed by atoms with Crippen LogP contribution in [-0.2, 0) is 14.3 Å². The van der Waals surface area contributed by atoms with E-state index in [2.05, 4.69) is 4.74 Å². The zero-order valence-corrected chi connectivity index (χ0v) is 12.8. The summed E-state index contributed by atoms with van der Waals surface area (Å²) in [6, 6.07) is -0.622. The van der Waals surface area contributed by atoms with Crippen molar-refractivity contribution in [3.63, 3.8) is 0 Å². The molecular weight excluding hydrogens is 260 g/mol. The summed E-state index contributed by atoms with van der Waals surface area (Å²) < 4.78 is 9.99. The van der Waals surface area contributed by atoms with Crippen molar-refractivity contribution in [3.8, 4) is 0 Å². The summed E-state index contributed by atoms with van der Waals surface area (Å²) in [4.78, 5) is 25.0. The Hall–Kier alpha value is -1.30. The van der Waals surface area contributed by atoms with E-state index >= 15 is 0 Å². The molecule has 6 heteroatoms. The van der Waals surface area contributed by atoms with Crippen molar-refractivity contribution in [2.75, 3.05) is 20.2 Å². The van der Waals surface area contributed by atoms with E-state index < -0.39 is 17.6 Å². The lowest BCUT2D eigenvalue weighted by Gasteiger charge is -2.34. The van der Waals surface area contributed by atoms with Crippen LogP contribution >= 0.6 is 0 Å². The van der Waals surface area contributed by atoms with Crippen LogP contribution in [0.4, 0.5) is 4.79 Å². The maximum Gasteiger partial charge on any atom is 0.410 e. The van der Waals surface area contributed by atoms with Crippen molar-refractivity contribution < 1.29 is 19.1 Å². The second-order valence-electron chi connectivity index (χ2n) is 6.30. The minimum Gasteiger partial charge on any atom is -0.468 e. The third kappa shape index (κ3) is 5.36. The third-order valence-electron chi connectivity index (χ3n) is 3.26. The molecule has 20 heavy (non-hydrogen) atoms. The van der Waals surface area contributed by atoms with Gasteiger partial charge in [-0.15, -0.1) is 0 Å². The van der Waals surface area contributed by atoms with E-state index in [-0.39, 0.29) is 12.0 Å². The van der Waals surface area contributed by atoms with Gasteiger partial charge in [-0.2, -0.15) is 0 Å². The number of nitrogens with zero attached hydrogens (tertiary/aromatic N) is 1. The second kappa shape index (κ2) is 6.92. The summed E-state index contributed by atoms with van der Waals surface area (Å²) >= 11 is 0. The van der Waals surface area contributed by atoms with E-state index in [0.717, 1.165) is 12.8 Å². The molecule has 116 valence electrons. The minimum absolute atomic E-state index is 0.213. The van der Waals surface area contributed by atoms with Crippen molar-refractivity contribution in [1.29, 1.82) is 0 Å². The van der Waals surface area contributed by atoms with Gasteiger partial charge in [-0.3, -0.25) is 4.79 Å². The molecule has 2 N–H and O–H groups in total. The van der Waals surface area contributed by atoms with Gasteiger partial charge in [0.2, 0.25) is 0 Å². The molecule has 1 aliphatic rings. The molecule has 0 spiro atoms. The molecule has 1 saturated heterocycles. The Morgan fingerprint density at radius 2 is 2.05 bits per heavy atom. The first-order valence-corrected chi connectivity index (χ1v) is 7.04. The lowest BCUT2D eigenvalue weighted by atomic mass is 9.92. The lowest BCUT2D eigenvalue weighted by Crippen LogP contribution is -2.45. The van der Waals surface area contributed by atoms with E-state index in [4.69, 9.17) is 10.5 Å². The fourth-order valence-corrected chi connectivity index (χ4v) is 2.36. The van der Waals surface area contributed by atoms with E-state index in [1.165, 1.54) is 7.11 Å². The van der Waals surface area contributed by atoms with Crippen molar-refractivity contribution >= 4 is 12.1 Å². The van der Waals surface area contributed by atoms with E-state index in [1.54, 1.807) is 4.90 Å². The highest BCUT2D eigenvalue weighted by molar-refractivity contribution is 5.75. The zero-order valence-electron chi connectivity index (χ0n) is 12.8. The van der Waals surface area contributed by atoms with E-state index in [0.29, 0.717) is 19.5 Å². The topological polar surface area (TPSA) is 81.9 Å². The van der Waals surface area contributed by atoms with Crippen molar-refractivity contribution in [3.05, 3.63) is 0 Å². The van der Waals surface area contributed by atoms with Crippen molar-refractivity contribution in [1.82, 2.24) is 4.90 Å². The molecule has 0 unspecified atom stereocenters. The molecule has 0 aromatic carbocycles. The van der Waals surface area contributed by atoms with Gasteiger partial charge < -0.3 is 20.1 Å². The summed E-state index contributed by atoms with van der Waals surface area (Å²) in [6.45, 7) is 6.82. The largest absolute Gasteiger partial charge is 0.468 e. The minimum atomic E-state index is -0.622. The molecule has 0 saturated carbocycles. The molecule has 1 fully saturated rings. The van der Waals surface area contributed by atoms with Gasteiger partial charge in [0.25, 0.3) is 0 Å². The van der Waals surface area contributed by atoms with E-state index in [9.17, 15) is 9.59 Å². The van der Waals surface area contributed by atoms with Gasteiger partial charge in [0.15, 0.2) is 0 Å². The van der Waals surface area contributed by atoms with Crippen LogP contribution in [0, 0.1) is 5.92 Å². The molecule has 1 aliphatic heterocycles. The Balaban J connectivity index is 2.50. The van der Waals surface area contributed by atoms with Crippen LogP contribution in [0.25, 0.3) is 0 Å². The van der Waals surface area contributed by atoms with Gasteiger partial charge in [-0.25, -0.2) is 4.79 Å². The standard InChI is InChI=1S/C14H26N2O4/c1-14(2,3)20-13(18)16-7-5-6-10(9-16)8-11(15)12(17)19-4/h10-11H,5-9,15H2,1-4H3/t10-,11+/m0/s1. The summed E-state index contributed by atoms with van der Waals surface area (Å²) in [6.07, 6.45) is 2.10. The number of hydrogen-bond donors (Lipinski definition) is 1. The fraction of sp³-hybridized carbons (Fsp3) is 0.857. The number of ether oxygens (including phenoxy) is 2. The Morgan fingerprint density at radius 1 is 1.40 bits per heavy atom. The molecule has 1 amide bonds. The van der Waals surface area contributed by atoms with Gasteiger partial charge >= 0.3 is 12.1 Å². The Bertz CT molecular complexity index is 352. The van der Waals surface area contributed by atoms with Crippen molar-refractivity contribution in [2.45, 2.75) is 51.7 Å². The molecular formula is C14H26N2O4. The molecule has 0 aromatic rings. The number of esters is 1. The van der Waals surface area contributed by atoms with Crippen molar-refractivity contribution in [2.24, 2.45) is 11.7 Å². The van der Waals surface area contributed by atoms with Crippen LogP contribution in [0.5, 0.6) is 0 Å². The number of rotatable bonds is 3. The molecule has 1 rings (SSSR count). The number of hydrogen-bond acceptors (Lipinski definition) is 5. The summed E-state index contributed by atoms with van der Waals surface area (Å²) in [5.74, 6) is -0.190. The second-order valence-corrected chi connectivity index (χ2v) is 6.30. The number of carbonyl (C=O) groups excluding carboxylic acids is 2. The molecule has 0 aromatic heterocycles. The summed E-state index contributed by atoms with van der Waals surface area (Å²) in [5.41, 5.74) is 5.28. The first kappa shape index (κ1) is 16.8. The maximum absolute atomic E-state index is 12.0. The SMILES string of the molecule is COC(=O)[C@H](N)C[C@@H]1CCCN(C(=O)OC(C)(C)C)C1. The van der Waals surface area contributed by atoms with E-state index in [1.807, 2.05) is 20.8 Å². The molecule has 0 radical (unpaired) electrons. The lowest BCUT2D eigenvalue weighted by molar-refractivity contribution is -0.142. The van der Waals surface area contributed by atoms with Gasteiger partial charge in [0, 0.05) is 13.1 Å². The Morgan fingerprint density at radius 3 is 2.60 bits per heavy atom. The predicted molar refractivity (Wildman–Crippen MR) is 75.1 cm³/mol. The molecule has 2 atom stereocenters. The number of methoxy groups -OCH3 is 1. The Kier molecular flexibility index (Phi) is 5.80. The number of carbonyl (C=O) groups is 2. The van der Waals surface area contributed by atoms with Gasteiger partial charge in [-0.05, 0) is 46.0 Å². The highest BCUT2D eigenvalue weighted by atomic mass is 16.6. The maximum atomic E-state index is 12.0. The van der Waals surface area contributed by atoms with Gasteiger partial charge in [0.05, 0.1) is 7.11 Å². The molecule has 0 aliphatic carbocycles. The van der Waals surface area contributed by atoms with Crippen LogP contribution in [0.15, 0.2) is 0 Å². The molecule has 6 nitrogen and oxygen atoms in total. The van der Waals surface area contributed by atoms with Crippen LogP contribution in [0.1, 0.15) is 40.0 Å². The first-order valence-electron chi connectivity index (χ1n) is 7.04. The first-order chi connectivity index (χ1) is 9.23. The van der Waals surface area contributed by atoms with Gasteiger partial charge in [0.1, 0.15) is 11.6 Å². The molecule has 0 bridgehead atoms. The fourth-order valence-electron chi connectivity index (χ4n) is 2.36. The predicted octanol–water partition coefficient (Wildman–Crippen LogP) is 1.52. The van der Waals surface area contributed by atoms with Gasteiger partial charge in [-0.1, -0.05) is 0 Å². The Labute approximate surface area is 120 Å². The number of likely N-dealkylation sites (tertiary alicyclic amines) is 1. The highest BCUT2D eigenvalue weighted by Crippen LogP contribution is 2.22. The normalized spacial score (nSPS) is 21.2. The highest BCUT2D eigenvalue weighted by Gasteiger charge is 2.29. The number of nitrogens with two attached hydrogens (primary N) is 1. The number of amides is 1. The zero-order chi connectivity index (χ0) is 15.3. The van der Waals surface area contributed by atoms with Crippen LogP contribution in [-0.4, -0.2) is 48.8 Å². The quantitative estimate of drug-likeness (QED) is 0.795. The third-order valence-corrected chi connectivity index (χ3v) is 3.26. The average molecular weight is 286 g/mol. The monoisotopic (exact) mass is 286 g/mol. The van der Waals surface area contributed by atoms with Crippen LogP contribution < -0.4 is 5.73 Å². The van der Waals surface area contributed by atoms with Crippen LogP contribution in [0.3, 0.4) is 0 Å². The summed E-state index contributed by atoms with van der Waals surface area (Å²) in [7, 11) is 1.33. The average Bonchev–Trinajstić information content (AvgIpc) is 2.36. The molecule has 1 heterocycles. The summed E-state index contributed by atoms with van der Waals surface area (Å²) in [5, 5.41) is 0. The van der Waals surface area contributed by atoms with Crippen LogP contribution in [0.2, 0.25) is 0 Å². The number of piperidine rings is 1. The smallest absolute Gasteiger partial charge is 0.410 e.